The van der Waals surface area contributed by atoms with Crippen LogP contribution in [0.15, 0.2) is 47.1 Å². The predicted molar refractivity (Wildman–Crippen MR) is 77.0 cm³/mol. The lowest BCUT2D eigenvalue weighted by Gasteiger charge is -2.38. The lowest BCUT2D eigenvalue weighted by atomic mass is 9.64. The van der Waals surface area contributed by atoms with Gasteiger partial charge in [0.2, 0.25) is 0 Å². The highest BCUT2D eigenvalue weighted by atomic mass is 16.1. The minimum atomic E-state index is -0.0981. The molecule has 0 spiro atoms. The predicted octanol–water partition coefficient (Wildman–Crippen LogP) is 3.31. The van der Waals surface area contributed by atoms with Crippen LogP contribution in [0, 0.1) is 17.8 Å². The maximum Gasteiger partial charge on any atom is 0.160 e. The van der Waals surface area contributed by atoms with E-state index in [1.54, 1.807) is 0 Å². The summed E-state index contributed by atoms with van der Waals surface area (Å²) < 4.78 is 0. The maximum atomic E-state index is 12.3. The molecule has 0 aromatic carbocycles. The Labute approximate surface area is 118 Å². The van der Waals surface area contributed by atoms with Crippen LogP contribution < -0.4 is 0 Å². The molecule has 2 nitrogen and oxygen atoms in total. The van der Waals surface area contributed by atoms with E-state index < -0.39 is 0 Å². The van der Waals surface area contributed by atoms with Crippen molar-refractivity contribution in [1.29, 1.82) is 0 Å². The molecule has 0 radical (unpaired) electrons. The zero-order valence-electron chi connectivity index (χ0n) is 11.5. The van der Waals surface area contributed by atoms with Gasteiger partial charge in [0.1, 0.15) is 5.78 Å². The van der Waals surface area contributed by atoms with Crippen LogP contribution in [0.25, 0.3) is 0 Å². The monoisotopic (exact) mass is 266 g/mol. The van der Waals surface area contributed by atoms with Crippen molar-refractivity contribution in [2.75, 3.05) is 0 Å². The third-order valence-corrected chi connectivity index (χ3v) is 5.22. The van der Waals surface area contributed by atoms with Crippen molar-refractivity contribution in [3.05, 3.63) is 47.1 Å². The van der Waals surface area contributed by atoms with E-state index in [9.17, 15) is 9.59 Å². The van der Waals surface area contributed by atoms with Crippen LogP contribution in [0.3, 0.4) is 0 Å². The van der Waals surface area contributed by atoms with Crippen LogP contribution in [0.5, 0.6) is 0 Å². The Morgan fingerprint density at radius 1 is 1.05 bits per heavy atom. The summed E-state index contributed by atoms with van der Waals surface area (Å²) in [7, 11) is 0. The molecule has 102 valence electrons. The Bertz CT molecular complexity index is 615. The van der Waals surface area contributed by atoms with Crippen LogP contribution in [0.1, 0.15) is 32.1 Å². The van der Waals surface area contributed by atoms with Gasteiger partial charge in [-0.25, -0.2) is 0 Å². The first-order valence-corrected chi connectivity index (χ1v) is 7.60. The molecular formula is C18H18O2. The van der Waals surface area contributed by atoms with Crippen molar-refractivity contribution < 1.29 is 9.59 Å². The lowest BCUT2D eigenvalue weighted by Crippen LogP contribution is -2.35. The number of hydrogen-bond acceptors (Lipinski definition) is 2. The standard InChI is InChI=1S/C18H18O2/c19-16-7-8-17(20)18-14(16)6-5-13-9-11-3-1-2-4-12(11)10-15(13)18/h1-4,10-11,13-14H,5-9H2. The van der Waals surface area contributed by atoms with E-state index in [0.29, 0.717) is 24.7 Å². The summed E-state index contributed by atoms with van der Waals surface area (Å²) in [5.41, 5.74) is 3.36. The van der Waals surface area contributed by atoms with Crippen molar-refractivity contribution in [3.63, 3.8) is 0 Å². The molecule has 3 unspecified atom stereocenters. The van der Waals surface area contributed by atoms with E-state index in [1.807, 2.05) is 0 Å². The number of carbonyl (C=O) groups is 2. The molecule has 3 atom stereocenters. The average molecular weight is 266 g/mol. The number of hydrogen-bond donors (Lipinski definition) is 0. The third-order valence-electron chi connectivity index (χ3n) is 5.22. The average Bonchev–Trinajstić information content (AvgIpc) is 2.48. The second kappa shape index (κ2) is 4.41. The van der Waals surface area contributed by atoms with Crippen LogP contribution in [0.2, 0.25) is 0 Å². The van der Waals surface area contributed by atoms with Gasteiger partial charge in [-0.3, -0.25) is 9.59 Å². The van der Waals surface area contributed by atoms with Crippen LogP contribution >= 0.6 is 0 Å². The molecule has 0 aromatic rings. The number of allylic oxidation sites excluding steroid dienone is 8. The van der Waals surface area contributed by atoms with Gasteiger partial charge in [-0.1, -0.05) is 30.4 Å². The van der Waals surface area contributed by atoms with Gasteiger partial charge in [0, 0.05) is 30.3 Å². The summed E-state index contributed by atoms with van der Waals surface area (Å²) >= 11 is 0. The van der Waals surface area contributed by atoms with E-state index in [1.165, 1.54) is 11.1 Å². The van der Waals surface area contributed by atoms with E-state index in [0.717, 1.165) is 24.8 Å². The van der Waals surface area contributed by atoms with Crippen molar-refractivity contribution in [3.8, 4) is 0 Å². The normalized spacial score (nSPS) is 35.4. The molecule has 1 fully saturated rings. The van der Waals surface area contributed by atoms with Crippen molar-refractivity contribution in [2.24, 2.45) is 17.8 Å². The maximum absolute atomic E-state index is 12.3. The molecule has 4 aliphatic rings. The van der Waals surface area contributed by atoms with Gasteiger partial charge in [-0.05, 0) is 36.3 Å². The van der Waals surface area contributed by atoms with Gasteiger partial charge in [-0.15, -0.1) is 0 Å². The number of ketones is 2. The Morgan fingerprint density at radius 2 is 1.95 bits per heavy atom. The van der Waals surface area contributed by atoms with E-state index in [2.05, 4.69) is 30.4 Å². The second-order valence-corrected chi connectivity index (χ2v) is 6.32. The quantitative estimate of drug-likeness (QED) is 0.674. The Kier molecular flexibility index (Phi) is 2.66. The Hall–Kier alpha value is -1.70. The molecule has 0 bridgehead atoms. The molecular weight excluding hydrogens is 248 g/mol. The highest BCUT2D eigenvalue weighted by Crippen LogP contribution is 2.46. The molecule has 20 heavy (non-hydrogen) atoms. The minimum Gasteiger partial charge on any atom is -0.299 e. The molecule has 4 rings (SSSR count). The Morgan fingerprint density at radius 3 is 2.85 bits per heavy atom. The van der Waals surface area contributed by atoms with Crippen molar-refractivity contribution in [2.45, 2.75) is 32.1 Å². The molecule has 4 aliphatic carbocycles. The molecule has 2 heteroatoms. The van der Waals surface area contributed by atoms with Crippen LogP contribution in [-0.2, 0) is 9.59 Å². The first kappa shape index (κ1) is 12.1. The van der Waals surface area contributed by atoms with Gasteiger partial charge >= 0.3 is 0 Å². The van der Waals surface area contributed by atoms with Gasteiger partial charge in [0.05, 0.1) is 0 Å². The molecule has 1 saturated carbocycles. The SMILES string of the molecule is O=C1CCC(=O)C2CCC3CC4C=CC=CC4=CC3=C12. The Balaban J connectivity index is 1.85. The van der Waals surface area contributed by atoms with Gasteiger partial charge in [-0.2, -0.15) is 0 Å². The zero-order chi connectivity index (χ0) is 13.7. The van der Waals surface area contributed by atoms with Gasteiger partial charge in [0.15, 0.2) is 5.78 Å². The summed E-state index contributed by atoms with van der Waals surface area (Å²) in [5, 5.41) is 0. The van der Waals surface area contributed by atoms with Crippen molar-refractivity contribution >= 4 is 11.6 Å². The topological polar surface area (TPSA) is 34.1 Å². The van der Waals surface area contributed by atoms with Gasteiger partial charge < -0.3 is 0 Å². The first-order chi connectivity index (χ1) is 9.74. The summed E-state index contributed by atoms with van der Waals surface area (Å²) in [6, 6.07) is 0. The lowest BCUT2D eigenvalue weighted by molar-refractivity contribution is -0.129. The number of fused-ring (bicyclic) bond motifs is 3. The first-order valence-electron chi connectivity index (χ1n) is 7.60. The summed E-state index contributed by atoms with van der Waals surface area (Å²) in [6.45, 7) is 0. The second-order valence-electron chi connectivity index (χ2n) is 6.32. The largest absolute Gasteiger partial charge is 0.299 e. The summed E-state index contributed by atoms with van der Waals surface area (Å²) in [6.07, 6.45) is 14.7. The smallest absolute Gasteiger partial charge is 0.160 e. The van der Waals surface area contributed by atoms with Gasteiger partial charge in [0.25, 0.3) is 0 Å². The summed E-state index contributed by atoms with van der Waals surface area (Å²) in [5.74, 6) is 1.38. The molecule has 0 amide bonds. The molecule has 0 aromatic heterocycles. The number of Topliss-reactive ketones (excluding diaryl/α,β-unsaturated/α-hetero) is 2. The van der Waals surface area contributed by atoms with E-state index in [4.69, 9.17) is 0 Å². The zero-order valence-corrected chi connectivity index (χ0v) is 11.5. The highest BCUT2D eigenvalue weighted by Gasteiger charge is 2.41. The van der Waals surface area contributed by atoms with Crippen LogP contribution in [0.4, 0.5) is 0 Å². The van der Waals surface area contributed by atoms with E-state index >= 15 is 0 Å². The van der Waals surface area contributed by atoms with Crippen LogP contribution in [-0.4, -0.2) is 11.6 Å². The number of carbonyl (C=O) groups excluding carboxylic acids is 2. The highest BCUT2D eigenvalue weighted by molar-refractivity contribution is 6.08. The molecule has 0 N–H and O–H groups in total. The summed E-state index contributed by atoms with van der Waals surface area (Å²) in [4.78, 5) is 24.4. The third kappa shape index (κ3) is 1.71. The molecule has 0 heterocycles. The molecule has 0 saturated heterocycles. The minimum absolute atomic E-state index is 0.0981. The number of rotatable bonds is 0. The fourth-order valence-corrected chi connectivity index (χ4v) is 4.21. The van der Waals surface area contributed by atoms with E-state index in [-0.39, 0.29) is 17.5 Å². The fraction of sp³-hybridized carbons (Fsp3) is 0.444. The molecule has 0 aliphatic heterocycles. The fourth-order valence-electron chi connectivity index (χ4n) is 4.21. The van der Waals surface area contributed by atoms with Crippen molar-refractivity contribution in [1.82, 2.24) is 0 Å².